The highest BCUT2D eigenvalue weighted by Crippen LogP contribution is 2.22. The highest BCUT2D eigenvalue weighted by atomic mass is 15.2. The highest BCUT2D eigenvalue weighted by Gasteiger charge is 2.26. The van der Waals surface area contributed by atoms with E-state index in [4.69, 9.17) is 0 Å². The van der Waals surface area contributed by atoms with Crippen molar-refractivity contribution in [2.75, 3.05) is 0 Å². The lowest BCUT2D eigenvalue weighted by Gasteiger charge is -1.95. The molecule has 0 spiro atoms. The molecule has 0 saturated heterocycles. The molecule has 118 valence electrons. The molecule has 0 N–H and O–H groups in total. The van der Waals surface area contributed by atoms with Crippen LogP contribution < -0.4 is 9.13 Å². The summed E-state index contributed by atoms with van der Waals surface area (Å²) in [7, 11) is 8.76. The van der Waals surface area contributed by atoms with Gasteiger partial charge in [0.15, 0.2) is 22.1 Å². The summed E-state index contributed by atoms with van der Waals surface area (Å²) in [6.07, 6.45) is 4.58. The fourth-order valence-electron chi connectivity index (χ4n) is 3.75. The van der Waals surface area contributed by atoms with Crippen LogP contribution in [0.2, 0.25) is 0 Å². The summed E-state index contributed by atoms with van der Waals surface area (Å²) in [6.45, 7) is 4.48. The predicted octanol–water partition coefficient (Wildman–Crippen LogP) is 2.22. The lowest BCUT2D eigenvalue weighted by atomic mass is 10.2. The number of fused-ring (bicyclic) bond motifs is 2. The second-order valence-corrected chi connectivity index (χ2v) is 6.40. The Kier molecular flexibility index (Phi) is 3.71. The van der Waals surface area contributed by atoms with E-state index in [2.05, 4.69) is 72.4 Å². The van der Waals surface area contributed by atoms with E-state index >= 15 is 0 Å². The van der Waals surface area contributed by atoms with Gasteiger partial charge in [-0.15, -0.1) is 0 Å². The van der Waals surface area contributed by atoms with Crippen molar-refractivity contribution in [3.05, 3.63) is 23.8 Å². The van der Waals surface area contributed by atoms with E-state index in [9.17, 15) is 0 Å². The Bertz CT molecular complexity index is 721. The molecule has 0 aliphatic rings. The van der Waals surface area contributed by atoms with Gasteiger partial charge in [-0.1, -0.05) is 13.8 Å². The average Bonchev–Trinajstić information content (AvgIpc) is 2.88. The van der Waals surface area contributed by atoms with E-state index in [0.29, 0.717) is 0 Å². The van der Waals surface area contributed by atoms with Crippen LogP contribution in [0.25, 0.3) is 22.1 Å². The molecule has 0 unspecified atom stereocenters. The Morgan fingerprint density at radius 3 is 1.55 bits per heavy atom. The van der Waals surface area contributed by atoms with Gasteiger partial charge in [0.1, 0.15) is 0 Å². The average molecular weight is 300 g/mol. The quantitative estimate of drug-likeness (QED) is 0.658. The van der Waals surface area contributed by atoms with Crippen LogP contribution in [-0.4, -0.2) is 9.13 Å². The highest BCUT2D eigenvalue weighted by molar-refractivity contribution is 5.88. The molecule has 0 aliphatic heterocycles. The van der Waals surface area contributed by atoms with Crippen molar-refractivity contribution in [1.29, 1.82) is 0 Å². The Morgan fingerprint density at radius 1 is 0.773 bits per heavy atom. The molecule has 4 heteroatoms. The van der Waals surface area contributed by atoms with Gasteiger partial charge in [0.2, 0.25) is 0 Å². The van der Waals surface area contributed by atoms with Crippen LogP contribution >= 0.6 is 0 Å². The smallest absolute Gasteiger partial charge is 0.230 e. The molecule has 0 aliphatic carbocycles. The summed E-state index contributed by atoms with van der Waals surface area (Å²) in [5.41, 5.74) is 5.29. The van der Waals surface area contributed by atoms with Gasteiger partial charge in [-0.05, 0) is 12.8 Å². The van der Waals surface area contributed by atoms with E-state index in [-0.39, 0.29) is 0 Å². The molecule has 22 heavy (non-hydrogen) atoms. The van der Waals surface area contributed by atoms with E-state index in [0.717, 1.165) is 12.8 Å². The maximum atomic E-state index is 2.35. The van der Waals surface area contributed by atoms with Crippen LogP contribution in [0.5, 0.6) is 0 Å². The number of rotatable bonds is 4. The molecule has 0 radical (unpaired) electrons. The van der Waals surface area contributed by atoms with Crippen LogP contribution in [-0.2, 0) is 41.0 Å². The van der Waals surface area contributed by atoms with Gasteiger partial charge in [-0.25, -0.2) is 18.3 Å². The number of benzene rings is 1. The van der Waals surface area contributed by atoms with E-state index in [1.54, 1.807) is 0 Å². The fourth-order valence-corrected chi connectivity index (χ4v) is 3.75. The van der Waals surface area contributed by atoms with Crippen molar-refractivity contribution < 1.29 is 9.13 Å². The minimum Gasteiger partial charge on any atom is -0.230 e. The summed E-state index contributed by atoms with van der Waals surface area (Å²) < 4.78 is 9.41. The van der Waals surface area contributed by atoms with Crippen LogP contribution in [0.4, 0.5) is 0 Å². The first-order valence-electron chi connectivity index (χ1n) is 8.35. The predicted molar refractivity (Wildman–Crippen MR) is 89.7 cm³/mol. The topological polar surface area (TPSA) is 17.6 Å². The molecular weight excluding hydrogens is 272 g/mol. The second-order valence-electron chi connectivity index (χ2n) is 6.40. The minimum absolute atomic E-state index is 1.12. The Morgan fingerprint density at radius 2 is 1.18 bits per heavy atom. The van der Waals surface area contributed by atoms with Crippen molar-refractivity contribution in [1.82, 2.24) is 9.13 Å². The largest absolute Gasteiger partial charge is 0.256 e. The maximum absolute atomic E-state index is 2.35. The van der Waals surface area contributed by atoms with E-state index < -0.39 is 0 Å². The molecule has 0 amide bonds. The number of hydrogen-bond acceptors (Lipinski definition) is 0. The molecule has 2 heterocycles. The zero-order chi connectivity index (χ0) is 16.0. The first kappa shape index (κ1) is 15.1. The van der Waals surface area contributed by atoms with Crippen molar-refractivity contribution in [2.24, 2.45) is 28.2 Å². The third kappa shape index (κ3) is 1.97. The SMILES string of the molecule is CCCc1n(C)c2cc3c(cc2[n+]1C)[n+](C)c(CCC)n3C. The van der Waals surface area contributed by atoms with Gasteiger partial charge >= 0.3 is 0 Å². The number of aryl methyl sites for hydroxylation is 4. The number of hydrogen-bond donors (Lipinski definition) is 0. The Labute approximate surface area is 132 Å². The normalized spacial score (nSPS) is 11.9. The van der Waals surface area contributed by atoms with Gasteiger partial charge < -0.3 is 0 Å². The monoisotopic (exact) mass is 300 g/mol. The molecule has 0 fully saturated rings. The minimum atomic E-state index is 1.12. The summed E-state index contributed by atoms with van der Waals surface area (Å²) >= 11 is 0. The summed E-state index contributed by atoms with van der Waals surface area (Å²) in [5.74, 6) is 2.79. The molecule has 4 nitrogen and oxygen atoms in total. The molecule has 0 bridgehead atoms. The van der Waals surface area contributed by atoms with Crippen LogP contribution in [0, 0.1) is 0 Å². The lowest BCUT2D eigenvalue weighted by molar-refractivity contribution is -0.657. The van der Waals surface area contributed by atoms with Crippen LogP contribution in [0.1, 0.15) is 38.3 Å². The summed E-state index contributed by atoms with van der Waals surface area (Å²) in [6, 6.07) is 4.70. The van der Waals surface area contributed by atoms with Crippen molar-refractivity contribution >= 4 is 22.1 Å². The fraction of sp³-hybridized carbons (Fsp3) is 0.556. The van der Waals surface area contributed by atoms with E-state index in [1.165, 1.54) is 46.6 Å². The molecule has 1 aromatic carbocycles. The van der Waals surface area contributed by atoms with Crippen molar-refractivity contribution in [3.63, 3.8) is 0 Å². The third-order valence-electron chi connectivity index (χ3n) is 5.01. The lowest BCUT2D eigenvalue weighted by Crippen LogP contribution is -2.34. The van der Waals surface area contributed by atoms with Gasteiger partial charge in [-0.2, -0.15) is 0 Å². The van der Waals surface area contributed by atoms with E-state index in [1.807, 2.05) is 0 Å². The summed E-state index contributed by atoms with van der Waals surface area (Å²) in [5, 5.41) is 0. The maximum Gasteiger partial charge on any atom is 0.256 e. The number of aromatic nitrogens is 4. The Hall–Kier alpha value is -1.84. The zero-order valence-corrected chi connectivity index (χ0v) is 14.8. The molecule has 3 aromatic rings. The second kappa shape index (κ2) is 5.41. The number of nitrogens with zero attached hydrogens (tertiary/aromatic N) is 4. The zero-order valence-electron chi connectivity index (χ0n) is 14.8. The van der Waals surface area contributed by atoms with Crippen LogP contribution in [0.15, 0.2) is 12.1 Å². The van der Waals surface area contributed by atoms with Gasteiger partial charge in [0.25, 0.3) is 11.6 Å². The molecule has 0 saturated carbocycles. The summed E-state index contributed by atoms with van der Waals surface area (Å²) in [4.78, 5) is 0. The molecule has 2 aromatic heterocycles. The Balaban J connectivity index is 2.36. The van der Waals surface area contributed by atoms with Gasteiger partial charge in [0.05, 0.1) is 28.2 Å². The third-order valence-corrected chi connectivity index (χ3v) is 5.01. The first-order chi connectivity index (χ1) is 10.5. The number of imidazole rings is 2. The molecule has 0 atom stereocenters. The first-order valence-corrected chi connectivity index (χ1v) is 8.35. The van der Waals surface area contributed by atoms with Crippen molar-refractivity contribution in [3.8, 4) is 0 Å². The van der Waals surface area contributed by atoms with Crippen molar-refractivity contribution in [2.45, 2.75) is 39.5 Å². The molecular formula is C18H28N4+2. The van der Waals surface area contributed by atoms with Gasteiger partial charge in [0, 0.05) is 25.0 Å². The van der Waals surface area contributed by atoms with Gasteiger partial charge in [-0.3, -0.25) is 0 Å². The van der Waals surface area contributed by atoms with Crippen LogP contribution in [0.3, 0.4) is 0 Å². The standard InChI is InChI=1S/C18H28N4/c1-7-9-17-19(3)13-11-15-16(12-14(13)20(17)4)22(6)18(10-8-2)21(15)5/h11-12H,7-10H2,1-6H3/q+2. The molecule has 3 rings (SSSR count).